The minimum atomic E-state index is -1.98. The highest BCUT2D eigenvalue weighted by Gasteiger charge is 2.38. The van der Waals surface area contributed by atoms with E-state index >= 15 is 0 Å². The molecule has 0 amide bonds. The van der Waals surface area contributed by atoms with Gasteiger partial charge in [0.2, 0.25) is 11.8 Å². The number of rotatable bonds is 13. The maximum Gasteiger partial charge on any atom is 0.324 e. The van der Waals surface area contributed by atoms with Crippen LogP contribution in [0.1, 0.15) is 44.8 Å². The first-order chi connectivity index (χ1) is 24.0. The maximum atomic E-state index is 14.3. The summed E-state index contributed by atoms with van der Waals surface area (Å²) in [6.07, 6.45) is 1.54. The third-order valence-electron chi connectivity index (χ3n) is 8.32. The Labute approximate surface area is 288 Å². The van der Waals surface area contributed by atoms with Crippen LogP contribution < -0.4 is 20.1 Å². The minimum Gasteiger partial charge on any atom is -0.479 e. The van der Waals surface area contributed by atoms with Crippen LogP contribution in [0.3, 0.4) is 0 Å². The number of nitrogens with two attached hydrogens (primary N) is 1. The average Bonchev–Trinajstić information content (AvgIpc) is 3.61. The number of pyridine rings is 1. The van der Waals surface area contributed by atoms with Gasteiger partial charge in [0, 0.05) is 29.1 Å². The van der Waals surface area contributed by atoms with E-state index in [0.29, 0.717) is 29.2 Å². The van der Waals surface area contributed by atoms with Gasteiger partial charge in [-0.05, 0) is 55.7 Å². The molecule has 1 aliphatic rings. The Morgan fingerprint density at radius 2 is 1.98 bits per heavy atom. The van der Waals surface area contributed by atoms with Gasteiger partial charge in [0.1, 0.15) is 42.1 Å². The lowest BCUT2D eigenvalue weighted by atomic mass is 10.1. The van der Waals surface area contributed by atoms with Gasteiger partial charge >= 0.3 is 14.5 Å². The van der Waals surface area contributed by atoms with E-state index in [4.69, 9.17) is 29.0 Å². The van der Waals surface area contributed by atoms with E-state index < -0.39 is 38.4 Å². The number of esters is 1. The van der Waals surface area contributed by atoms with E-state index in [0.717, 1.165) is 23.0 Å². The molecule has 0 radical (unpaired) electrons. The van der Waals surface area contributed by atoms with Crippen LogP contribution in [-0.4, -0.2) is 56.3 Å². The molecule has 1 aliphatic heterocycles. The fraction of sp³-hybridized carbons (Fsp3) is 0.382. The van der Waals surface area contributed by atoms with Crippen molar-refractivity contribution in [3.05, 3.63) is 77.8 Å². The van der Waals surface area contributed by atoms with E-state index in [-0.39, 0.29) is 48.5 Å². The topological polar surface area (TPSA) is 158 Å². The Morgan fingerprint density at radius 3 is 2.74 bits per heavy atom. The number of hydrogen-bond donors (Lipinski definition) is 2. The molecule has 0 saturated carbocycles. The summed E-state index contributed by atoms with van der Waals surface area (Å²) >= 11 is 0. The van der Waals surface area contributed by atoms with Gasteiger partial charge in [-0.2, -0.15) is 9.97 Å². The number of nitrogen functional groups attached to an aromatic ring is 1. The van der Waals surface area contributed by atoms with Crippen molar-refractivity contribution in [3.63, 3.8) is 0 Å². The van der Waals surface area contributed by atoms with Crippen molar-refractivity contribution in [3.8, 4) is 11.6 Å². The van der Waals surface area contributed by atoms with Gasteiger partial charge in [-0.1, -0.05) is 26.8 Å². The number of nitrogens with one attached hydrogen (secondary N) is 1. The van der Waals surface area contributed by atoms with Crippen LogP contribution >= 0.6 is 8.53 Å². The van der Waals surface area contributed by atoms with Crippen LogP contribution in [0.5, 0.6) is 11.6 Å². The molecule has 5 atom stereocenters. The van der Waals surface area contributed by atoms with Crippen LogP contribution in [-0.2, 0) is 25.4 Å². The van der Waals surface area contributed by atoms with Gasteiger partial charge in [-0.15, -0.1) is 0 Å². The second kappa shape index (κ2) is 15.1. The highest BCUT2D eigenvalue weighted by molar-refractivity contribution is 7.45. The van der Waals surface area contributed by atoms with Gasteiger partial charge in [0.15, 0.2) is 11.2 Å². The fourth-order valence-corrected chi connectivity index (χ4v) is 7.26. The minimum absolute atomic E-state index is 0.0383. The zero-order valence-corrected chi connectivity index (χ0v) is 29.1. The van der Waals surface area contributed by atoms with Crippen molar-refractivity contribution >= 4 is 42.5 Å². The summed E-state index contributed by atoms with van der Waals surface area (Å²) in [4.78, 5) is 31.0. The number of nitrogens with zero attached hydrogens (tertiary/aromatic N) is 5. The first-order valence-electron chi connectivity index (χ1n) is 16.0. The summed E-state index contributed by atoms with van der Waals surface area (Å²) in [6.45, 7) is 7.33. The number of halogens is 2. The molecule has 0 aliphatic carbocycles. The van der Waals surface area contributed by atoms with Crippen LogP contribution in [0.2, 0.25) is 0 Å². The third kappa shape index (κ3) is 7.60. The number of anilines is 1. The first-order valence-corrected chi connectivity index (χ1v) is 17.2. The molecule has 3 aromatic heterocycles. The summed E-state index contributed by atoms with van der Waals surface area (Å²) < 4.78 is 59.7. The van der Waals surface area contributed by atoms with Gasteiger partial charge in [-0.25, -0.2) is 18.9 Å². The number of carbonyl (C=O) groups excluding carboxylic acids is 1. The SMILES string of the molecule is COc1nc(N)nc2c1nc(C)n2C1O[C@H](COP(NC(C(=O)OCc2ccc(F)cc2F)C(C)C)Oc2cccc3ncccc23)CC1C. The number of carbonyl (C=O) groups is 1. The highest BCUT2D eigenvalue weighted by atomic mass is 31.2. The Hall–Kier alpha value is -4.56. The molecule has 50 heavy (non-hydrogen) atoms. The molecule has 5 aromatic rings. The Kier molecular flexibility index (Phi) is 10.7. The maximum absolute atomic E-state index is 14.3. The molecule has 1 fully saturated rings. The molecule has 16 heteroatoms. The van der Waals surface area contributed by atoms with Crippen molar-refractivity contribution in [2.75, 3.05) is 19.5 Å². The number of fused-ring (bicyclic) bond motifs is 2. The molecule has 264 valence electrons. The molecule has 4 unspecified atom stereocenters. The second-order valence-corrected chi connectivity index (χ2v) is 13.5. The van der Waals surface area contributed by atoms with Crippen molar-refractivity contribution in [1.29, 1.82) is 0 Å². The van der Waals surface area contributed by atoms with Crippen LogP contribution in [0.15, 0.2) is 54.7 Å². The molecule has 0 bridgehead atoms. The molecule has 3 N–H and O–H groups in total. The monoisotopic (exact) mass is 709 g/mol. The molecular weight excluding hydrogens is 671 g/mol. The number of benzene rings is 2. The van der Waals surface area contributed by atoms with E-state index in [9.17, 15) is 13.6 Å². The number of aromatic nitrogens is 5. The summed E-state index contributed by atoms with van der Waals surface area (Å²) in [6, 6.07) is 11.4. The van der Waals surface area contributed by atoms with Gasteiger partial charge < -0.3 is 29.0 Å². The number of aryl methyl sites for hydroxylation is 1. The fourth-order valence-electron chi connectivity index (χ4n) is 5.81. The Morgan fingerprint density at radius 1 is 1.16 bits per heavy atom. The van der Waals surface area contributed by atoms with E-state index in [1.54, 1.807) is 18.3 Å². The zero-order valence-electron chi connectivity index (χ0n) is 28.2. The van der Waals surface area contributed by atoms with E-state index in [1.165, 1.54) is 13.2 Å². The Bertz CT molecular complexity index is 1990. The summed E-state index contributed by atoms with van der Waals surface area (Å²) in [5, 5.41) is 3.97. The van der Waals surface area contributed by atoms with Crippen molar-refractivity contribution in [2.24, 2.45) is 11.8 Å². The first kappa shape index (κ1) is 35.3. The lowest BCUT2D eigenvalue weighted by molar-refractivity contribution is -0.148. The molecular formula is C34H38F2N7O6P. The largest absolute Gasteiger partial charge is 0.479 e. The molecule has 1 saturated heterocycles. The van der Waals surface area contributed by atoms with Gasteiger partial charge in [0.25, 0.3) is 0 Å². The predicted molar refractivity (Wildman–Crippen MR) is 182 cm³/mol. The number of hydrogen-bond acceptors (Lipinski definition) is 12. The number of imidazole rings is 1. The highest BCUT2D eigenvalue weighted by Crippen LogP contribution is 2.43. The summed E-state index contributed by atoms with van der Waals surface area (Å²) in [5.41, 5.74) is 7.73. The van der Waals surface area contributed by atoms with Crippen LogP contribution in [0, 0.1) is 30.4 Å². The molecule has 2 aromatic carbocycles. The summed E-state index contributed by atoms with van der Waals surface area (Å²) in [5.74, 6) is -0.910. The smallest absolute Gasteiger partial charge is 0.324 e. The van der Waals surface area contributed by atoms with Crippen LogP contribution in [0.25, 0.3) is 22.1 Å². The second-order valence-electron chi connectivity index (χ2n) is 12.3. The quantitative estimate of drug-likeness (QED) is 0.106. The molecule has 0 spiro atoms. The lowest BCUT2D eigenvalue weighted by Crippen LogP contribution is -2.40. The molecule has 4 heterocycles. The van der Waals surface area contributed by atoms with Crippen molar-refractivity contribution in [2.45, 2.75) is 59.1 Å². The van der Waals surface area contributed by atoms with Gasteiger partial charge in [0.05, 0.1) is 25.3 Å². The molecule has 6 rings (SSSR count). The number of methoxy groups -OCH3 is 1. The molecule has 13 nitrogen and oxygen atoms in total. The Balaban J connectivity index is 1.21. The standard InChI is InChI=1S/C34H38F2N7O6P/c1-18(2)28(33(44)46-16-21-11-12-22(35)15-25(21)36)42-50(49-27-10-6-9-26-24(27)8-7-13-38-26)47-17-23-14-19(3)32(48-23)43-20(4)39-29-30(43)40-34(37)41-31(29)45-5/h6-13,15,18-19,23,28,32,42H,14,16-17H2,1-5H3,(H2,37,40,41)/t19?,23-,28?,32?,50?/m0/s1. The number of ether oxygens (including phenoxy) is 3. The van der Waals surface area contributed by atoms with E-state index in [1.807, 2.05) is 43.5 Å². The van der Waals surface area contributed by atoms with Gasteiger partial charge in [-0.3, -0.25) is 14.3 Å². The average molecular weight is 710 g/mol. The lowest BCUT2D eigenvalue weighted by Gasteiger charge is -2.27. The van der Waals surface area contributed by atoms with Crippen molar-refractivity contribution in [1.82, 2.24) is 29.6 Å². The van der Waals surface area contributed by atoms with Crippen LogP contribution in [0.4, 0.5) is 14.7 Å². The third-order valence-corrected chi connectivity index (χ3v) is 9.55. The van der Waals surface area contributed by atoms with E-state index in [2.05, 4.69) is 31.9 Å². The predicted octanol–water partition coefficient (Wildman–Crippen LogP) is 6.16. The zero-order chi connectivity index (χ0) is 35.5. The summed E-state index contributed by atoms with van der Waals surface area (Å²) in [7, 11) is -0.484. The normalized spacial score (nSPS) is 18.8. The van der Waals surface area contributed by atoms with Crippen molar-refractivity contribution < 1.29 is 36.8 Å².